The van der Waals surface area contributed by atoms with E-state index >= 15 is 0 Å². The highest BCUT2D eigenvalue weighted by Gasteiger charge is 2.46. The Morgan fingerprint density at radius 2 is 0.792 bits per heavy atom. The molecule has 0 saturated carbocycles. The fourth-order valence-electron chi connectivity index (χ4n) is 11.6. The smallest absolute Gasteiger partial charge is 0.264 e. The Bertz CT molecular complexity index is 3750. The van der Waals surface area contributed by atoms with E-state index in [-0.39, 0.29) is 28.4 Å². The first-order chi connectivity index (χ1) is 36.7. The lowest BCUT2D eigenvalue weighted by Crippen LogP contribution is -2.60. The minimum atomic E-state index is -0.0535. The standard InChI is InChI=1S/C72H70BN3S/c1-69(2,3)51-24-32-55(33-25-51)74(56-34-26-52(27-35-56)70(4,5)6)59-40-41-61-62(46-59)75(57-36-28-53(29-37-57)71(7,8)9)63-44-50(48-21-17-14-18-22-48)45-64-66(63)73(61)68-67(76(64)58-38-30-54(31-39-58)72(10,11)12)60-43-49(23-42-65(60)77-68)47-19-15-13-16-20-47/h13-46H,1-12H3. The third-order valence-electron chi connectivity index (χ3n) is 16.1. The molecule has 3 heterocycles. The highest BCUT2D eigenvalue weighted by atomic mass is 32.1. The molecule has 12 rings (SSSR count). The fraction of sp³-hybridized carbons (Fsp3) is 0.222. The second-order valence-electron chi connectivity index (χ2n) is 25.6. The Morgan fingerprint density at radius 1 is 0.364 bits per heavy atom. The lowest BCUT2D eigenvalue weighted by Gasteiger charge is -2.44. The lowest BCUT2D eigenvalue weighted by molar-refractivity contribution is 0.590. The molecular weight excluding hydrogens is 950 g/mol. The summed E-state index contributed by atoms with van der Waals surface area (Å²) in [5, 5.41) is 1.27. The molecule has 0 amide bonds. The molecule has 0 aliphatic carbocycles. The van der Waals surface area contributed by atoms with Crippen LogP contribution in [0, 0.1) is 0 Å². The van der Waals surface area contributed by atoms with Crippen molar-refractivity contribution >= 4 is 95.0 Å². The van der Waals surface area contributed by atoms with E-state index in [0.29, 0.717) is 0 Å². The van der Waals surface area contributed by atoms with Crippen LogP contribution < -0.4 is 30.4 Å². The van der Waals surface area contributed by atoms with Crippen molar-refractivity contribution in [3.05, 3.63) is 229 Å². The van der Waals surface area contributed by atoms with E-state index in [1.165, 1.54) is 93.0 Å². The maximum Gasteiger partial charge on any atom is 0.264 e. The zero-order valence-electron chi connectivity index (χ0n) is 47.0. The zero-order valence-corrected chi connectivity index (χ0v) is 47.8. The average Bonchev–Trinajstić information content (AvgIpc) is 3.98. The van der Waals surface area contributed by atoms with Gasteiger partial charge in [-0.05, 0) is 162 Å². The highest BCUT2D eigenvalue weighted by Crippen LogP contribution is 2.51. The predicted molar refractivity (Wildman–Crippen MR) is 336 cm³/mol. The van der Waals surface area contributed by atoms with Crippen LogP contribution in [0.1, 0.15) is 105 Å². The molecule has 77 heavy (non-hydrogen) atoms. The van der Waals surface area contributed by atoms with Crippen molar-refractivity contribution in [3.8, 4) is 22.3 Å². The molecule has 2 aliphatic rings. The van der Waals surface area contributed by atoms with Crippen LogP contribution in [0.2, 0.25) is 0 Å². The number of nitrogens with zero attached hydrogens (tertiary/aromatic N) is 3. The summed E-state index contributed by atoms with van der Waals surface area (Å²) in [6, 6.07) is 78.6. The molecule has 0 radical (unpaired) electrons. The van der Waals surface area contributed by atoms with Gasteiger partial charge in [-0.3, -0.25) is 0 Å². The minimum absolute atomic E-state index is 0.00440. The monoisotopic (exact) mass is 1020 g/mol. The van der Waals surface area contributed by atoms with Gasteiger partial charge in [0, 0.05) is 60.4 Å². The molecule has 0 unspecified atom stereocenters. The van der Waals surface area contributed by atoms with Crippen LogP contribution >= 0.6 is 11.3 Å². The third kappa shape index (κ3) is 9.07. The van der Waals surface area contributed by atoms with Crippen LogP contribution in [0.5, 0.6) is 0 Å². The quantitative estimate of drug-likeness (QED) is 0.147. The summed E-state index contributed by atoms with van der Waals surface area (Å²) in [5.74, 6) is 0. The van der Waals surface area contributed by atoms with Gasteiger partial charge in [0.1, 0.15) is 0 Å². The number of benzene rings is 9. The van der Waals surface area contributed by atoms with Gasteiger partial charge < -0.3 is 14.7 Å². The Labute approximate surface area is 462 Å². The van der Waals surface area contributed by atoms with Crippen LogP contribution in [0.4, 0.5) is 51.2 Å². The maximum atomic E-state index is 2.61. The van der Waals surface area contributed by atoms with Crippen molar-refractivity contribution in [1.29, 1.82) is 0 Å². The van der Waals surface area contributed by atoms with E-state index < -0.39 is 0 Å². The summed E-state index contributed by atoms with van der Waals surface area (Å²) in [7, 11) is 0. The summed E-state index contributed by atoms with van der Waals surface area (Å²) >= 11 is 1.95. The number of rotatable bonds is 7. The molecule has 0 atom stereocenters. The molecule has 9 aromatic carbocycles. The second kappa shape index (κ2) is 18.6. The molecule has 1 aromatic heterocycles. The van der Waals surface area contributed by atoms with E-state index in [0.717, 1.165) is 28.4 Å². The Balaban J connectivity index is 1.17. The first-order valence-electron chi connectivity index (χ1n) is 27.5. The van der Waals surface area contributed by atoms with Crippen LogP contribution in [0.15, 0.2) is 206 Å². The van der Waals surface area contributed by atoms with Crippen molar-refractivity contribution in [1.82, 2.24) is 0 Å². The Hall–Kier alpha value is -7.60. The topological polar surface area (TPSA) is 9.72 Å². The van der Waals surface area contributed by atoms with Gasteiger partial charge in [0.25, 0.3) is 6.71 Å². The zero-order chi connectivity index (χ0) is 53.8. The minimum Gasteiger partial charge on any atom is -0.311 e. The number of anilines is 9. The Morgan fingerprint density at radius 3 is 1.27 bits per heavy atom. The number of hydrogen-bond donors (Lipinski definition) is 0. The van der Waals surface area contributed by atoms with E-state index in [2.05, 4.69) is 304 Å². The van der Waals surface area contributed by atoms with Crippen molar-refractivity contribution in [2.45, 2.75) is 105 Å². The fourth-order valence-corrected chi connectivity index (χ4v) is 12.9. The van der Waals surface area contributed by atoms with Crippen molar-refractivity contribution in [2.24, 2.45) is 0 Å². The largest absolute Gasteiger partial charge is 0.311 e. The first kappa shape index (κ1) is 50.2. The van der Waals surface area contributed by atoms with Gasteiger partial charge in [0.15, 0.2) is 0 Å². The molecule has 5 heteroatoms. The van der Waals surface area contributed by atoms with E-state index in [1.807, 2.05) is 11.3 Å². The van der Waals surface area contributed by atoms with E-state index in [9.17, 15) is 0 Å². The van der Waals surface area contributed by atoms with Crippen LogP contribution in [0.3, 0.4) is 0 Å². The highest BCUT2D eigenvalue weighted by molar-refractivity contribution is 7.33. The summed E-state index contributed by atoms with van der Waals surface area (Å²) < 4.78 is 2.64. The van der Waals surface area contributed by atoms with E-state index in [1.54, 1.807) is 0 Å². The summed E-state index contributed by atoms with van der Waals surface area (Å²) in [6.45, 7) is 27.5. The van der Waals surface area contributed by atoms with Crippen LogP contribution in [0.25, 0.3) is 32.3 Å². The van der Waals surface area contributed by atoms with Crippen molar-refractivity contribution in [2.75, 3.05) is 14.7 Å². The maximum absolute atomic E-state index is 2.61. The SMILES string of the molecule is CC(C)(C)c1ccc(N(c2ccc(C(C)(C)C)cc2)c2ccc3c(c2)N(c2ccc(C(C)(C)C)cc2)c2cc(-c4ccccc4)cc4c2B3c2sc3ccc(-c5ccccc5)cc3c2N4c2ccc(C(C)(C)C)cc2)cc1. The Kier molecular flexibility index (Phi) is 12.1. The molecule has 3 nitrogen and oxygen atoms in total. The van der Waals surface area contributed by atoms with Crippen LogP contribution in [-0.4, -0.2) is 6.71 Å². The normalized spacial score (nSPS) is 13.4. The number of fused-ring (bicyclic) bond motifs is 6. The number of thiophene rings is 1. The van der Waals surface area contributed by atoms with Gasteiger partial charge in [0.2, 0.25) is 0 Å². The van der Waals surface area contributed by atoms with E-state index in [4.69, 9.17) is 0 Å². The van der Waals surface area contributed by atoms with Crippen molar-refractivity contribution < 1.29 is 0 Å². The number of hydrogen-bond acceptors (Lipinski definition) is 4. The molecule has 0 spiro atoms. The van der Waals surface area contributed by atoms with Crippen LogP contribution in [-0.2, 0) is 21.7 Å². The third-order valence-corrected chi connectivity index (χ3v) is 17.3. The second-order valence-corrected chi connectivity index (χ2v) is 26.6. The summed E-state index contributed by atoms with van der Waals surface area (Å²) in [5.41, 5.74) is 23.2. The summed E-state index contributed by atoms with van der Waals surface area (Å²) in [6.07, 6.45) is 0. The first-order valence-corrected chi connectivity index (χ1v) is 28.3. The van der Waals surface area contributed by atoms with Gasteiger partial charge in [-0.2, -0.15) is 0 Å². The summed E-state index contributed by atoms with van der Waals surface area (Å²) in [4.78, 5) is 7.66. The van der Waals surface area contributed by atoms with Gasteiger partial charge in [-0.15, -0.1) is 11.3 Å². The molecular formula is C72H70BN3S. The molecule has 0 N–H and O–H groups in total. The molecule has 0 saturated heterocycles. The molecule has 382 valence electrons. The molecule has 0 bridgehead atoms. The van der Waals surface area contributed by atoms with Gasteiger partial charge >= 0.3 is 0 Å². The van der Waals surface area contributed by atoms with Crippen molar-refractivity contribution in [3.63, 3.8) is 0 Å². The molecule has 2 aliphatic heterocycles. The predicted octanol–water partition coefficient (Wildman–Crippen LogP) is 19.0. The molecule has 0 fully saturated rings. The lowest BCUT2D eigenvalue weighted by atomic mass is 9.36. The average molecular weight is 1020 g/mol. The van der Waals surface area contributed by atoms with Gasteiger partial charge in [0.05, 0.1) is 5.69 Å². The molecule has 10 aromatic rings. The van der Waals surface area contributed by atoms with Gasteiger partial charge in [-0.25, -0.2) is 0 Å². The van der Waals surface area contributed by atoms with Gasteiger partial charge in [-0.1, -0.05) is 204 Å².